The molecule has 0 unspecified atom stereocenters. The molecule has 0 saturated carbocycles. The minimum absolute atomic E-state index is 0.337. The molecule has 0 aliphatic carbocycles. The van der Waals surface area contributed by atoms with Crippen molar-refractivity contribution in [3.63, 3.8) is 0 Å². The lowest BCUT2D eigenvalue weighted by atomic mass is 9.83. The summed E-state index contributed by atoms with van der Waals surface area (Å²) in [7, 11) is 7.07. The first-order valence-corrected chi connectivity index (χ1v) is 5.38. The van der Waals surface area contributed by atoms with Gasteiger partial charge in [0.1, 0.15) is 7.85 Å². The third-order valence-corrected chi connectivity index (χ3v) is 3.43. The van der Waals surface area contributed by atoms with Gasteiger partial charge in [-0.2, -0.15) is 5.10 Å². The third kappa shape index (κ3) is 1.70. The van der Waals surface area contributed by atoms with Crippen LogP contribution in [0.15, 0.2) is 6.07 Å². The summed E-state index contributed by atoms with van der Waals surface area (Å²) in [6, 6.07) is 1.78. The zero-order chi connectivity index (χ0) is 12.1. The van der Waals surface area contributed by atoms with Gasteiger partial charge in [-0.1, -0.05) is 0 Å². The predicted octanol–water partition coefficient (Wildman–Crippen LogP) is -0.487. The van der Waals surface area contributed by atoms with Gasteiger partial charge >= 0.3 is 7.12 Å². The molecule has 84 valence electrons. The summed E-state index contributed by atoms with van der Waals surface area (Å²) in [5, 5.41) is 4.09. The number of hydrogen-bond donors (Lipinski definition) is 0. The number of aryl methyl sites for hydroxylation is 1. The van der Waals surface area contributed by atoms with Crippen LogP contribution in [0.5, 0.6) is 0 Å². The molecular formula is C10H16B2N2O2. The molecular weight excluding hydrogens is 202 g/mol. The van der Waals surface area contributed by atoms with Gasteiger partial charge in [0, 0.05) is 12.6 Å². The first kappa shape index (κ1) is 11.7. The summed E-state index contributed by atoms with van der Waals surface area (Å²) in [5.74, 6) is 0. The number of rotatable bonds is 1. The highest BCUT2D eigenvalue weighted by Gasteiger charge is 2.52. The van der Waals surface area contributed by atoms with Crippen molar-refractivity contribution in [1.82, 2.24) is 9.78 Å². The second-order valence-corrected chi connectivity index (χ2v) is 5.21. The van der Waals surface area contributed by atoms with Crippen LogP contribution in [0.1, 0.15) is 27.7 Å². The fourth-order valence-corrected chi connectivity index (χ4v) is 1.69. The van der Waals surface area contributed by atoms with Gasteiger partial charge < -0.3 is 9.31 Å². The summed E-state index contributed by atoms with van der Waals surface area (Å²) in [4.78, 5) is 0. The zero-order valence-corrected chi connectivity index (χ0v) is 10.4. The minimum Gasteiger partial charge on any atom is -0.398 e. The van der Waals surface area contributed by atoms with Crippen LogP contribution >= 0.6 is 0 Å². The van der Waals surface area contributed by atoms with Crippen molar-refractivity contribution in [2.24, 2.45) is 7.05 Å². The average molecular weight is 218 g/mol. The fraction of sp³-hybridized carbons (Fsp3) is 0.700. The Morgan fingerprint density at radius 2 is 1.75 bits per heavy atom. The van der Waals surface area contributed by atoms with Crippen molar-refractivity contribution in [2.75, 3.05) is 0 Å². The van der Waals surface area contributed by atoms with Crippen LogP contribution in [0.25, 0.3) is 0 Å². The van der Waals surface area contributed by atoms with E-state index in [1.165, 1.54) is 0 Å². The lowest BCUT2D eigenvalue weighted by Gasteiger charge is -2.32. The van der Waals surface area contributed by atoms with Crippen molar-refractivity contribution in [3.05, 3.63) is 6.07 Å². The Morgan fingerprint density at radius 1 is 1.25 bits per heavy atom. The van der Waals surface area contributed by atoms with E-state index >= 15 is 0 Å². The Hall–Kier alpha value is -0.740. The van der Waals surface area contributed by atoms with E-state index in [-0.39, 0.29) is 11.2 Å². The molecule has 1 aliphatic rings. The first-order valence-electron chi connectivity index (χ1n) is 5.38. The summed E-state index contributed by atoms with van der Waals surface area (Å²) >= 11 is 0. The fourth-order valence-electron chi connectivity index (χ4n) is 1.69. The van der Waals surface area contributed by atoms with Crippen LogP contribution in [-0.4, -0.2) is 35.9 Å². The Labute approximate surface area is 97.9 Å². The molecule has 2 rings (SSSR count). The Balaban J connectivity index is 2.30. The summed E-state index contributed by atoms with van der Waals surface area (Å²) in [6.45, 7) is 8.08. The number of hydrogen-bond acceptors (Lipinski definition) is 3. The van der Waals surface area contributed by atoms with Gasteiger partial charge in [-0.05, 0) is 33.8 Å². The second-order valence-electron chi connectivity index (χ2n) is 5.21. The van der Waals surface area contributed by atoms with Gasteiger partial charge in [0.2, 0.25) is 0 Å². The summed E-state index contributed by atoms with van der Waals surface area (Å²) in [6.07, 6.45) is 0. The van der Waals surface area contributed by atoms with Crippen LogP contribution in [0.3, 0.4) is 0 Å². The normalized spacial score (nSPS) is 22.7. The summed E-state index contributed by atoms with van der Waals surface area (Å²) in [5.41, 5.74) is 0.649. The maximum absolute atomic E-state index is 5.91. The van der Waals surface area contributed by atoms with Gasteiger partial charge in [0.05, 0.1) is 16.8 Å². The highest BCUT2D eigenvalue weighted by Crippen LogP contribution is 2.36. The molecule has 2 heterocycles. The van der Waals surface area contributed by atoms with Gasteiger partial charge in [-0.3, -0.25) is 4.68 Å². The molecule has 1 saturated heterocycles. The van der Waals surface area contributed by atoms with E-state index in [0.717, 1.165) is 5.59 Å². The Morgan fingerprint density at radius 3 is 2.12 bits per heavy atom. The first-order chi connectivity index (χ1) is 7.23. The molecule has 0 amide bonds. The molecule has 0 aromatic carbocycles. The van der Waals surface area contributed by atoms with Gasteiger partial charge in [-0.15, -0.1) is 0 Å². The predicted molar refractivity (Wildman–Crippen MR) is 64.3 cm³/mol. The molecule has 4 nitrogen and oxygen atoms in total. The Kier molecular flexibility index (Phi) is 2.47. The molecule has 1 aliphatic heterocycles. The molecule has 0 bridgehead atoms. The molecule has 16 heavy (non-hydrogen) atoms. The summed E-state index contributed by atoms with van der Waals surface area (Å²) < 4.78 is 13.5. The largest absolute Gasteiger partial charge is 0.514 e. The molecule has 0 N–H and O–H groups in total. The van der Waals surface area contributed by atoms with Crippen molar-refractivity contribution in [1.29, 1.82) is 0 Å². The Bertz CT molecular complexity index is 399. The third-order valence-electron chi connectivity index (χ3n) is 3.43. The van der Waals surface area contributed by atoms with Crippen molar-refractivity contribution in [3.8, 4) is 0 Å². The lowest BCUT2D eigenvalue weighted by molar-refractivity contribution is 0.00578. The van der Waals surface area contributed by atoms with E-state index in [0.29, 0.717) is 5.59 Å². The molecule has 1 aromatic heterocycles. The van der Waals surface area contributed by atoms with Crippen LogP contribution in [0, 0.1) is 0 Å². The highest BCUT2D eigenvalue weighted by atomic mass is 16.7. The number of nitrogens with zero attached hydrogens (tertiary/aromatic N) is 2. The van der Waals surface area contributed by atoms with Gasteiger partial charge in [-0.25, -0.2) is 0 Å². The highest BCUT2D eigenvalue weighted by molar-refractivity contribution is 6.61. The van der Waals surface area contributed by atoms with Crippen molar-refractivity contribution < 1.29 is 9.31 Å². The molecule has 1 aromatic rings. The maximum Gasteiger partial charge on any atom is 0.514 e. The zero-order valence-electron chi connectivity index (χ0n) is 10.4. The van der Waals surface area contributed by atoms with Crippen LogP contribution in [0.4, 0.5) is 0 Å². The van der Waals surface area contributed by atoms with Gasteiger partial charge in [0.15, 0.2) is 0 Å². The van der Waals surface area contributed by atoms with Crippen LogP contribution in [0.2, 0.25) is 0 Å². The van der Waals surface area contributed by atoms with Crippen molar-refractivity contribution in [2.45, 2.75) is 38.9 Å². The van der Waals surface area contributed by atoms with E-state index in [2.05, 4.69) is 5.10 Å². The maximum atomic E-state index is 5.91. The van der Waals surface area contributed by atoms with E-state index in [1.54, 1.807) is 10.7 Å². The molecule has 2 radical (unpaired) electrons. The monoisotopic (exact) mass is 218 g/mol. The molecule has 1 fully saturated rings. The molecule has 0 spiro atoms. The SMILES string of the molecule is [B]c1cc(B2OC(C)(C)C(C)(C)O2)n(C)n1. The van der Waals surface area contributed by atoms with E-state index in [9.17, 15) is 0 Å². The lowest BCUT2D eigenvalue weighted by Crippen LogP contribution is -2.41. The standard InChI is InChI=1S/C10H16B2N2O2/c1-9(2)10(3,4)16-12(15-9)8-6-7(11)13-14(8)5/h6H,1-5H3. The topological polar surface area (TPSA) is 36.3 Å². The second kappa shape index (κ2) is 3.37. The minimum atomic E-state index is -0.403. The van der Waals surface area contributed by atoms with E-state index < -0.39 is 7.12 Å². The number of aromatic nitrogens is 2. The van der Waals surface area contributed by atoms with Crippen LogP contribution < -0.4 is 11.2 Å². The van der Waals surface area contributed by atoms with E-state index in [4.69, 9.17) is 17.2 Å². The quantitative estimate of drug-likeness (QED) is 0.597. The van der Waals surface area contributed by atoms with Gasteiger partial charge in [0.25, 0.3) is 0 Å². The molecule has 0 atom stereocenters. The van der Waals surface area contributed by atoms with Crippen molar-refractivity contribution >= 4 is 26.2 Å². The molecule has 6 heteroatoms. The van der Waals surface area contributed by atoms with Crippen LogP contribution in [-0.2, 0) is 16.4 Å². The smallest absolute Gasteiger partial charge is 0.398 e. The van der Waals surface area contributed by atoms with E-state index in [1.807, 2.05) is 34.7 Å². The average Bonchev–Trinajstić information content (AvgIpc) is 2.51.